The fourth-order valence-corrected chi connectivity index (χ4v) is 3.86. The lowest BCUT2D eigenvalue weighted by Crippen LogP contribution is -2.04. The first-order chi connectivity index (χ1) is 11.5. The first-order valence-corrected chi connectivity index (χ1v) is 8.47. The van der Waals surface area contributed by atoms with Crippen LogP contribution in [0.25, 0.3) is 10.9 Å². The van der Waals surface area contributed by atoms with Crippen molar-refractivity contribution in [3.8, 4) is 11.5 Å². The van der Waals surface area contributed by atoms with E-state index in [0.717, 1.165) is 12.1 Å². The topological polar surface area (TPSA) is 65.5 Å². The number of methoxy groups -OCH3 is 2. The van der Waals surface area contributed by atoms with Crippen molar-refractivity contribution in [2.75, 3.05) is 14.2 Å². The summed E-state index contributed by atoms with van der Waals surface area (Å²) in [4.78, 5) is 4.26. The highest BCUT2D eigenvalue weighted by Gasteiger charge is 2.22. The van der Waals surface area contributed by atoms with Gasteiger partial charge in [-0.1, -0.05) is 0 Å². The van der Waals surface area contributed by atoms with Gasteiger partial charge >= 0.3 is 0 Å². The van der Waals surface area contributed by atoms with Crippen LogP contribution in [0.4, 0.5) is 4.39 Å². The molecule has 0 unspecified atom stereocenters. The summed E-state index contributed by atoms with van der Waals surface area (Å²) in [6, 6.07) is 9.28. The van der Waals surface area contributed by atoms with Crippen LogP contribution in [0, 0.1) is 5.82 Å². The molecule has 0 saturated carbocycles. The molecule has 7 heteroatoms. The van der Waals surface area contributed by atoms with Gasteiger partial charge in [0.15, 0.2) is 11.5 Å². The van der Waals surface area contributed by atoms with E-state index in [9.17, 15) is 12.8 Å². The van der Waals surface area contributed by atoms with Gasteiger partial charge in [0.05, 0.1) is 29.5 Å². The number of hydrogen-bond donors (Lipinski definition) is 0. The summed E-state index contributed by atoms with van der Waals surface area (Å²) in [5.41, 5.74) is 0.454. The Balaban J connectivity index is 2.27. The van der Waals surface area contributed by atoms with Crippen LogP contribution < -0.4 is 9.47 Å². The van der Waals surface area contributed by atoms with E-state index in [1.807, 2.05) is 0 Å². The zero-order chi connectivity index (χ0) is 17.3. The fourth-order valence-electron chi connectivity index (χ4n) is 2.42. The summed E-state index contributed by atoms with van der Waals surface area (Å²) in [5.74, 6) is 0.349. The zero-order valence-corrected chi connectivity index (χ0v) is 13.8. The number of rotatable bonds is 4. The largest absolute Gasteiger partial charge is 0.493 e. The highest BCUT2D eigenvalue weighted by molar-refractivity contribution is 7.91. The third-order valence-electron chi connectivity index (χ3n) is 3.62. The Morgan fingerprint density at radius 1 is 0.958 bits per heavy atom. The Hall–Kier alpha value is -2.67. The van der Waals surface area contributed by atoms with E-state index in [4.69, 9.17) is 9.47 Å². The number of nitrogens with zero attached hydrogens (tertiary/aromatic N) is 1. The first kappa shape index (κ1) is 16.2. The summed E-state index contributed by atoms with van der Waals surface area (Å²) in [5, 5.41) is 0.402. The average Bonchev–Trinajstić information content (AvgIpc) is 2.60. The van der Waals surface area contributed by atoms with Gasteiger partial charge in [0.1, 0.15) is 5.82 Å². The molecule has 0 N–H and O–H groups in total. The van der Waals surface area contributed by atoms with Crippen LogP contribution in [-0.4, -0.2) is 27.6 Å². The monoisotopic (exact) mass is 347 g/mol. The highest BCUT2D eigenvalue weighted by Crippen LogP contribution is 2.35. The molecule has 2 aromatic carbocycles. The van der Waals surface area contributed by atoms with Gasteiger partial charge in [0, 0.05) is 17.6 Å². The van der Waals surface area contributed by atoms with Crippen LogP contribution in [0.15, 0.2) is 58.5 Å². The van der Waals surface area contributed by atoms with Crippen molar-refractivity contribution in [3.05, 3.63) is 54.5 Å². The summed E-state index contributed by atoms with van der Waals surface area (Å²) in [7, 11) is -0.875. The van der Waals surface area contributed by atoms with E-state index in [1.165, 1.54) is 38.6 Å². The maximum absolute atomic E-state index is 13.1. The van der Waals surface area contributed by atoms with Gasteiger partial charge in [-0.25, -0.2) is 12.8 Å². The van der Waals surface area contributed by atoms with Crippen molar-refractivity contribution in [1.29, 1.82) is 0 Å². The van der Waals surface area contributed by atoms with E-state index in [0.29, 0.717) is 22.4 Å². The maximum atomic E-state index is 13.1. The summed E-state index contributed by atoms with van der Waals surface area (Å²) >= 11 is 0. The van der Waals surface area contributed by atoms with E-state index in [2.05, 4.69) is 4.98 Å². The molecule has 0 saturated heterocycles. The molecular weight excluding hydrogens is 333 g/mol. The molecule has 1 aromatic heterocycles. The number of aromatic nitrogens is 1. The van der Waals surface area contributed by atoms with Crippen molar-refractivity contribution in [1.82, 2.24) is 4.98 Å². The lowest BCUT2D eigenvalue weighted by atomic mass is 10.2. The van der Waals surface area contributed by atoms with Crippen molar-refractivity contribution in [2.24, 2.45) is 0 Å². The van der Waals surface area contributed by atoms with Crippen LogP contribution >= 0.6 is 0 Å². The van der Waals surface area contributed by atoms with Crippen LogP contribution in [0.5, 0.6) is 11.5 Å². The number of fused-ring (bicyclic) bond motifs is 1. The van der Waals surface area contributed by atoms with Gasteiger partial charge in [-0.05, 0) is 36.4 Å². The van der Waals surface area contributed by atoms with Crippen molar-refractivity contribution < 1.29 is 22.3 Å². The van der Waals surface area contributed by atoms with Gasteiger partial charge in [-0.15, -0.1) is 0 Å². The second-order valence-electron chi connectivity index (χ2n) is 4.99. The molecule has 0 radical (unpaired) electrons. The van der Waals surface area contributed by atoms with Gasteiger partial charge in [0.2, 0.25) is 9.84 Å². The van der Waals surface area contributed by atoms with E-state index in [-0.39, 0.29) is 9.79 Å². The van der Waals surface area contributed by atoms with Crippen LogP contribution in [0.2, 0.25) is 0 Å². The summed E-state index contributed by atoms with van der Waals surface area (Å²) < 4.78 is 49.3. The lowest BCUT2D eigenvalue weighted by molar-refractivity contribution is 0.355. The van der Waals surface area contributed by atoms with Crippen molar-refractivity contribution in [3.63, 3.8) is 0 Å². The molecule has 0 bridgehead atoms. The minimum absolute atomic E-state index is 0.00573. The highest BCUT2D eigenvalue weighted by atomic mass is 32.2. The number of sulfone groups is 1. The molecule has 0 atom stereocenters. The van der Waals surface area contributed by atoms with Crippen LogP contribution in [0.1, 0.15) is 0 Å². The molecule has 0 aliphatic rings. The van der Waals surface area contributed by atoms with E-state index < -0.39 is 15.7 Å². The quantitative estimate of drug-likeness (QED) is 0.678. The number of ether oxygens (including phenoxy) is 2. The SMILES string of the molecule is COc1cc2nccc(S(=O)(=O)c3ccc(F)cc3)c2cc1OC. The van der Waals surface area contributed by atoms with Gasteiger partial charge < -0.3 is 9.47 Å². The second-order valence-corrected chi connectivity index (χ2v) is 6.91. The average molecular weight is 347 g/mol. The molecule has 3 rings (SSSR count). The van der Waals surface area contributed by atoms with Crippen molar-refractivity contribution >= 4 is 20.7 Å². The summed E-state index contributed by atoms with van der Waals surface area (Å²) in [6.07, 6.45) is 1.41. The molecule has 24 heavy (non-hydrogen) atoms. The molecule has 3 aromatic rings. The van der Waals surface area contributed by atoms with Gasteiger partial charge in [-0.2, -0.15) is 0 Å². The van der Waals surface area contributed by atoms with Crippen LogP contribution in [-0.2, 0) is 9.84 Å². The van der Waals surface area contributed by atoms with E-state index >= 15 is 0 Å². The normalized spacial score (nSPS) is 11.5. The molecule has 0 aliphatic carbocycles. The molecule has 0 fully saturated rings. The van der Waals surface area contributed by atoms with Gasteiger partial charge in [-0.3, -0.25) is 4.98 Å². The molecule has 1 heterocycles. The number of hydrogen-bond acceptors (Lipinski definition) is 5. The summed E-state index contributed by atoms with van der Waals surface area (Å²) in [6.45, 7) is 0. The lowest BCUT2D eigenvalue weighted by Gasteiger charge is -2.12. The Labute approximate surface area is 138 Å². The minimum Gasteiger partial charge on any atom is -0.493 e. The fraction of sp³-hybridized carbons (Fsp3) is 0.118. The van der Waals surface area contributed by atoms with E-state index in [1.54, 1.807) is 12.1 Å². The number of halogens is 1. The predicted molar refractivity (Wildman–Crippen MR) is 86.7 cm³/mol. The standard InChI is InChI=1S/C17H14FNO4S/c1-22-15-9-13-14(10-16(15)23-2)19-8-7-17(13)24(20,21)12-5-3-11(18)4-6-12/h3-10H,1-2H3. The molecule has 0 spiro atoms. The Kier molecular flexibility index (Phi) is 4.11. The van der Waals surface area contributed by atoms with Crippen LogP contribution in [0.3, 0.4) is 0 Å². The molecule has 0 aliphatic heterocycles. The minimum atomic E-state index is -3.83. The molecular formula is C17H14FNO4S. The predicted octanol–water partition coefficient (Wildman–Crippen LogP) is 3.22. The van der Waals surface area contributed by atoms with Gasteiger partial charge in [0.25, 0.3) is 0 Å². The molecule has 5 nitrogen and oxygen atoms in total. The first-order valence-electron chi connectivity index (χ1n) is 6.99. The number of pyridine rings is 1. The Morgan fingerprint density at radius 2 is 1.58 bits per heavy atom. The smallest absolute Gasteiger partial charge is 0.207 e. The maximum Gasteiger partial charge on any atom is 0.207 e. The Bertz CT molecular complexity index is 1000. The number of benzene rings is 2. The Morgan fingerprint density at radius 3 is 2.21 bits per heavy atom. The van der Waals surface area contributed by atoms with Crippen molar-refractivity contribution in [2.45, 2.75) is 9.79 Å². The zero-order valence-electron chi connectivity index (χ0n) is 13.0. The third-order valence-corrected chi connectivity index (χ3v) is 5.45. The second kappa shape index (κ2) is 6.09. The third kappa shape index (κ3) is 2.67. The molecule has 124 valence electrons. The molecule has 0 amide bonds.